The molecule has 0 spiro atoms. The highest BCUT2D eigenvalue weighted by molar-refractivity contribution is 6.01. The van der Waals surface area contributed by atoms with Crippen molar-refractivity contribution in [3.05, 3.63) is 30.9 Å². The van der Waals surface area contributed by atoms with Crippen molar-refractivity contribution < 1.29 is 4.79 Å². The molecule has 0 aliphatic rings. The number of aromatic nitrogens is 2. The highest BCUT2D eigenvalue weighted by atomic mass is 16.1. The molecule has 0 saturated heterocycles. The van der Waals surface area contributed by atoms with Crippen molar-refractivity contribution >= 4 is 5.78 Å². The van der Waals surface area contributed by atoms with Crippen LogP contribution in [0.15, 0.2) is 25.0 Å². The number of nitrogens with zero attached hydrogens (tertiary/aromatic N) is 2. The van der Waals surface area contributed by atoms with Crippen molar-refractivity contribution in [2.45, 2.75) is 19.9 Å². The molecule has 0 amide bonds. The lowest BCUT2D eigenvalue weighted by molar-refractivity contribution is 0.103. The van der Waals surface area contributed by atoms with Crippen LogP contribution in [0.25, 0.3) is 0 Å². The lowest BCUT2D eigenvalue weighted by atomic mass is 10.3. The van der Waals surface area contributed by atoms with Gasteiger partial charge in [-0.3, -0.25) is 4.79 Å². The van der Waals surface area contributed by atoms with Gasteiger partial charge in [0.15, 0.2) is 5.82 Å². The third-order valence-electron chi connectivity index (χ3n) is 1.59. The maximum Gasteiger partial charge on any atom is 0.220 e. The minimum Gasteiger partial charge on any atom is -0.328 e. The minimum absolute atomic E-state index is 0.117. The van der Waals surface area contributed by atoms with E-state index in [0.717, 1.165) is 13.0 Å². The van der Waals surface area contributed by atoms with E-state index < -0.39 is 0 Å². The lowest BCUT2D eigenvalue weighted by Gasteiger charge is -2.01. The fraction of sp³-hybridized carbons (Fsp3) is 0.333. The van der Waals surface area contributed by atoms with Gasteiger partial charge in [-0.1, -0.05) is 13.5 Å². The van der Waals surface area contributed by atoms with Gasteiger partial charge in [0.1, 0.15) is 0 Å². The van der Waals surface area contributed by atoms with Gasteiger partial charge in [-0.15, -0.1) is 0 Å². The van der Waals surface area contributed by atoms with Crippen LogP contribution >= 0.6 is 0 Å². The molecule has 0 saturated carbocycles. The van der Waals surface area contributed by atoms with Gasteiger partial charge in [0, 0.05) is 18.9 Å². The number of allylic oxidation sites excluding steroid dienone is 1. The summed E-state index contributed by atoms with van der Waals surface area (Å²) in [6.45, 7) is 6.30. The highest BCUT2D eigenvalue weighted by Gasteiger charge is 2.07. The van der Waals surface area contributed by atoms with Crippen molar-refractivity contribution in [2.24, 2.45) is 0 Å². The second-order valence-corrected chi connectivity index (χ2v) is 2.51. The van der Waals surface area contributed by atoms with Gasteiger partial charge < -0.3 is 4.57 Å². The number of rotatable bonds is 4. The van der Waals surface area contributed by atoms with Crippen LogP contribution in [0.3, 0.4) is 0 Å². The third-order valence-corrected chi connectivity index (χ3v) is 1.59. The Morgan fingerprint density at radius 2 is 2.58 bits per heavy atom. The number of carbonyl (C=O) groups is 1. The quantitative estimate of drug-likeness (QED) is 0.501. The van der Waals surface area contributed by atoms with E-state index in [2.05, 4.69) is 18.5 Å². The molecule has 3 nitrogen and oxygen atoms in total. The van der Waals surface area contributed by atoms with Crippen LogP contribution < -0.4 is 0 Å². The molecular weight excluding hydrogens is 152 g/mol. The van der Waals surface area contributed by atoms with E-state index in [1.54, 1.807) is 12.4 Å². The molecule has 0 aromatic carbocycles. The SMILES string of the molecule is C=CC(=O)c1nccn1CCC. The number of carbonyl (C=O) groups excluding carboxylic acids is 1. The van der Waals surface area contributed by atoms with Crippen molar-refractivity contribution in [2.75, 3.05) is 0 Å². The molecule has 0 radical (unpaired) electrons. The Kier molecular flexibility index (Phi) is 2.80. The molecule has 0 atom stereocenters. The fourth-order valence-corrected chi connectivity index (χ4v) is 1.05. The van der Waals surface area contributed by atoms with Crippen LogP contribution in [0.4, 0.5) is 0 Å². The summed E-state index contributed by atoms with van der Waals surface area (Å²) in [4.78, 5) is 15.1. The fourth-order valence-electron chi connectivity index (χ4n) is 1.05. The van der Waals surface area contributed by atoms with Crippen LogP contribution in [0, 0.1) is 0 Å². The molecule has 1 aromatic rings. The number of hydrogen-bond donors (Lipinski definition) is 0. The molecular formula is C9H12N2O. The first-order valence-corrected chi connectivity index (χ1v) is 3.97. The first kappa shape index (κ1) is 8.71. The average molecular weight is 164 g/mol. The zero-order valence-electron chi connectivity index (χ0n) is 7.16. The summed E-state index contributed by atoms with van der Waals surface area (Å²) >= 11 is 0. The largest absolute Gasteiger partial charge is 0.328 e. The summed E-state index contributed by atoms with van der Waals surface area (Å²) in [5, 5.41) is 0. The van der Waals surface area contributed by atoms with E-state index in [0.29, 0.717) is 5.82 Å². The van der Waals surface area contributed by atoms with Crippen molar-refractivity contribution in [3.63, 3.8) is 0 Å². The van der Waals surface area contributed by atoms with Crippen molar-refractivity contribution in [3.8, 4) is 0 Å². The zero-order valence-corrected chi connectivity index (χ0v) is 7.16. The molecule has 12 heavy (non-hydrogen) atoms. The second kappa shape index (κ2) is 3.85. The Morgan fingerprint density at radius 3 is 3.17 bits per heavy atom. The van der Waals surface area contributed by atoms with Crippen LogP contribution in [0.5, 0.6) is 0 Å². The summed E-state index contributed by atoms with van der Waals surface area (Å²) < 4.78 is 1.84. The van der Waals surface area contributed by atoms with Crippen molar-refractivity contribution in [1.82, 2.24) is 9.55 Å². The summed E-state index contributed by atoms with van der Waals surface area (Å²) in [6, 6.07) is 0. The van der Waals surface area contributed by atoms with E-state index in [4.69, 9.17) is 0 Å². The van der Waals surface area contributed by atoms with Crippen LogP contribution in [-0.4, -0.2) is 15.3 Å². The molecule has 0 N–H and O–H groups in total. The predicted molar refractivity (Wildman–Crippen MR) is 47.0 cm³/mol. The monoisotopic (exact) mass is 164 g/mol. The molecule has 64 valence electrons. The van der Waals surface area contributed by atoms with E-state index in [1.807, 2.05) is 4.57 Å². The van der Waals surface area contributed by atoms with Gasteiger partial charge in [-0.25, -0.2) is 4.98 Å². The Hall–Kier alpha value is -1.38. The van der Waals surface area contributed by atoms with Gasteiger partial charge in [0.05, 0.1) is 0 Å². The molecule has 0 unspecified atom stereocenters. The maximum atomic E-state index is 11.2. The lowest BCUT2D eigenvalue weighted by Crippen LogP contribution is -2.07. The van der Waals surface area contributed by atoms with Crippen LogP contribution in [0.2, 0.25) is 0 Å². The van der Waals surface area contributed by atoms with Crippen LogP contribution in [-0.2, 0) is 6.54 Å². The van der Waals surface area contributed by atoms with E-state index in [-0.39, 0.29) is 5.78 Å². The van der Waals surface area contributed by atoms with E-state index in [1.165, 1.54) is 6.08 Å². The summed E-state index contributed by atoms with van der Waals surface area (Å²) in [6.07, 6.45) is 5.72. The average Bonchev–Trinajstić information content (AvgIpc) is 2.52. The number of imidazole rings is 1. The van der Waals surface area contributed by atoms with Gasteiger partial charge >= 0.3 is 0 Å². The highest BCUT2D eigenvalue weighted by Crippen LogP contribution is 2.00. The minimum atomic E-state index is -0.117. The molecule has 1 heterocycles. The van der Waals surface area contributed by atoms with Gasteiger partial charge in [-0.05, 0) is 12.5 Å². The molecule has 1 rings (SSSR count). The molecule has 1 aromatic heterocycles. The van der Waals surface area contributed by atoms with Gasteiger partial charge in [0.2, 0.25) is 5.78 Å². The molecule has 3 heteroatoms. The molecule has 0 aliphatic heterocycles. The smallest absolute Gasteiger partial charge is 0.220 e. The molecule has 0 aliphatic carbocycles. The first-order valence-electron chi connectivity index (χ1n) is 3.97. The normalized spacial score (nSPS) is 9.75. The number of ketones is 1. The number of aryl methyl sites for hydroxylation is 1. The summed E-state index contributed by atoms with van der Waals surface area (Å²) in [7, 11) is 0. The Labute approximate surface area is 71.7 Å². The second-order valence-electron chi connectivity index (χ2n) is 2.51. The standard InChI is InChI=1S/C9H12N2O/c1-3-6-11-7-5-10-9(11)8(12)4-2/h4-5,7H,2-3,6H2,1H3. The Balaban J connectivity index is 2.90. The van der Waals surface area contributed by atoms with Gasteiger partial charge in [-0.2, -0.15) is 0 Å². The summed E-state index contributed by atoms with van der Waals surface area (Å²) in [5.41, 5.74) is 0. The maximum absolute atomic E-state index is 11.2. The van der Waals surface area contributed by atoms with Crippen LogP contribution in [0.1, 0.15) is 24.0 Å². The van der Waals surface area contributed by atoms with E-state index in [9.17, 15) is 4.79 Å². The van der Waals surface area contributed by atoms with Gasteiger partial charge in [0.25, 0.3) is 0 Å². The number of hydrogen-bond acceptors (Lipinski definition) is 2. The molecule has 0 bridgehead atoms. The predicted octanol–water partition coefficient (Wildman–Crippen LogP) is 1.66. The Bertz CT molecular complexity index is 288. The zero-order chi connectivity index (χ0) is 8.97. The summed E-state index contributed by atoms with van der Waals surface area (Å²) in [5.74, 6) is 0.361. The third kappa shape index (κ3) is 1.61. The topological polar surface area (TPSA) is 34.9 Å². The Morgan fingerprint density at radius 1 is 1.83 bits per heavy atom. The molecule has 0 fully saturated rings. The first-order chi connectivity index (χ1) is 5.79. The van der Waals surface area contributed by atoms with Crippen molar-refractivity contribution in [1.29, 1.82) is 0 Å². The van der Waals surface area contributed by atoms with E-state index >= 15 is 0 Å².